The second-order valence-corrected chi connectivity index (χ2v) is 5.40. The van der Waals surface area contributed by atoms with Crippen molar-refractivity contribution in [1.82, 2.24) is 9.55 Å². The van der Waals surface area contributed by atoms with Crippen molar-refractivity contribution in [2.75, 3.05) is 17.2 Å². The molecule has 4 heteroatoms. The maximum Gasteiger partial charge on any atom is 0.201 e. The lowest BCUT2D eigenvalue weighted by Gasteiger charge is -2.24. The van der Waals surface area contributed by atoms with Crippen LogP contribution in [0.1, 0.15) is 18.9 Å². The van der Waals surface area contributed by atoms with E-state index in [2.05, 4.69) is 21.7 Å². The highest BCUT2D eigenvalue weighted by atomic mass is 32.2. The number of benzene rings is 1. The van der Waals surface area contributed by atoms with E-state index in [0.717, 1.165) is 5.52 Å². The smallest absolute Gasteiger partial charge is 0.201 e. The van der Waals surface area contributed by atoms with Gasteiger partial charge in [0.2, 0.25) is 5.95 Å². The van der Waals surface area contributed by atoms with E-state index in [-0.39, 0.29) is 0 Å². The Balaban J connectivity index is 2.10. The third-order valence-corrected chi connectivity index (χ3v) is 4.23. The lowest BCUT2D eigenvalue weighted by Crippen LogP contribution is -2.16. The lowest BCUT2D eigenvalue weighted by molar-refractivity contribution is 0.487. The molecule has 3 nitrogen and oxygen atoms in total. The number of nitrogen functional groups attached to an aromatic ring is 1. The number of hydrogen-bond donors (Lipinski definition) is 1. The second-order valence-electron chi connectivity index (χ2n) is 4.17. The summed E-state index contributed by atoms with van der Waals surface area (Å²) in [5.74, 6) is 3.13. The number of hydrogen-bond acceptors (Lipinski definition) is 3. The first-order valence-corrected chi connectivity index (χ1v) is 6.82. The number of para-hydroxylation sites is 2. The molecule has 0 unspecified atom stereocenters. The Morgan fingerprint density at radius 1 is 1.25 bits per heavy atom. The molecule has 0 spiro atoms. The van der Waals surface area contributed by atoms with Crippen LogP contribution in [-0.4, -0.2) is 21.1 Å². The van der Waals surface area contributed by atoms with Crippen molar-refractivity contribution < 1.29 is 0 Å². The summed E-state index contributed by atoms with van der Waals surface area (Å²) in [6.07, 6.45) is 2.41. The van der Waals surface area contributed by atoms with Crippen LogP contribution < -0.4 is 5.73 Å². The van der Waals surface area contributed by atoms with Gasteiger partial charge in [0.1, 0.15) is 0 Å². The van der Waals surface area contributed by atoms with E-state index in [9.17, 15) is 0 Å². The number of thioether (sulfide) groups is 1. The summed E-state index contributed by atoms with van der Waals surface area (Å²) in [6.45, 7) is 0. The monoisotopic (exact) mass is 233 g/mol. The number of nitrogens with zero attached hydrogens (tertiary/aromatic N) is 2. The minimum absolute atomic E-state index is 0.536. The lowest BCUT2D eigenvalue weighted by atomic mass is 10.1. The maximum absolute atomic E-state index is 6.03. The van der Waals surface area contributed by atoms with Crippen molar-refractivity contribution in [3.05, 3.63) is 24.3 Å². The van der Waals surface area contributed by atoms with Crippen LogP contribution in [-0.2, 0) is 0 Å². The Morgan fingerprint density at radius 2 is 2.00 bits per heavy atom. The van der Waals surface area contributed by atoms with Gasteiger partial charge in [-0.2, -0.15) is 11.8 Å². The van der Waals surface area contributed by atoms with Crippen LogP contribution in [0.2, 0.25) is 0 Å². The standard InChI is InChI=1S/C12H15N3S/c13-12-14-10-3-1-2-4-11(10)15(12)9-5-7-16-8-6-9/h1-4,9H,5-8H2,(H2,13,14). The molecule has 0 radical (unpaired) electrons. The maximum atomic E-state index is 6.03. The summed E-state index contributed by atoms with van der Waals surface area (Å²) in [5, 5.41) is 0. The molecule has 1 fully saturated rings. The van der Waals surface area contributed by atoms with Gasteiger partial charge in [-0.15, -0.1) is 0 Å². The van der Waals surface area contributed by atoms with E-state index in [1.54, 1.807) is 0 Å². The highest BCUT2D eigenvalue weighted by Gasteiger charge is 2.19. The molecule has 84 valence electrons. The fraction of sp³-hybridized carbons (Fsp3) is 0.417. The molecule has 3 rings (SSSR count). The van der Waals surface area contributed by atoms with Crippen molar-refractivity contribution in [1.29, 1.82) is 0 Å². The van der Waals surface area contributed by atoms with Gasteiger partial charge in [-0.1, -0.05) is 12.1 Å². The molecule has 2 heterocycles. The quantitative estimate of drug-likeness (QED) is 0.823. The number of anilines is 1. The second kappa shape index (κ2) is 4.01. The molecule has 0 saturated carbocycles. The first kappa shape index (κ1) is 10.0. The fourth-order valence-electron chi connectivity index (χ4n) is 2.39. The van der Waals surface area contributed by atoms with Crippen LogP contribution in [0, 0.1) is 0 Å². The zero-order valence-corrected chi connectivity index (χ0v) is 9.91. The van der Waals surface area contributed by atoms with Crippen LogP contribution in [0.15, 0.2) is 24.3 Å². The average molecular weight is 233 g/mol. The average Bonchev–Trinajstić information content (AvgIpc) is 2.66. The molecule has 0 amide bonds. The summed E-state index contributed by atoms with van der Waals surface area (Å²) in [4.78, 5) is 4.42. The summed E-state index contributed by atoms with van der Waals surface area (Å²) in [6, 6.07) is 8.74. The minimum atomic E-state index is 0.536. The Bertz CT molecular complexity index is 500. The molecular formula is C12H15N3S. The predicted octanol–water partition coefficient (Wildman–Crippen LogP) is 2.69. The Kier molecular flexibility index (Phi) is 2.52. The summed E-state index contributed by atoms with van der Waals surface area (Å²) in [7, 11) is 0. The van der Waals surface area contributed by atoms with Gasteiger partial charge in [0.15, 0.2) is 0 Å². The van der Waals surface area contributed by atoms with Crippen LogP contribution in [0.3, 0.4) is 0 Å². The molecule has 1 aliphatic rings. The molecular weight excluding hydrogens is 218 g/mol. The van der Waals surface area contributed by atoms with Gasteiger partial charge in [0.05, 0.1) is 11.0 Å². The molecule has 2 N–H and O–H groups in total. The van der Waals surface area contributed by atoms with Gasteiger partial charge in [0.25, 0.3) is 0 Å². The number of aromatic nitrogens is 2. The number of nitrogens with two attached hydrogens (primary N) is 1. The zero-order chi connectivity index (χ0) is 11.0. The molecule has 1 aromatic heterocycles. The van der Waals surface area contributed by atoms with Crippen LogP contribution >= 0.6 is 11.8 Å². The van der Waals surface area contributed by atoms with Gasteiger partial charge >= 0.3 is 0 Å². The Morgan fingerprint density at radius 3 is 2.81 bits per heavy atom. The van der Waals surface area contributed by atoms with E-state index in [4.69, 9.17) is 5.73 Å². The molecule has 16 heavy (non-hydrogen) atoms. The highest BCUT2D eigenvalue weighted by Crippen LogP contribution is 2.32. The topological polar surface area (TPSA) is 43.8 Å². The number of imidazole rings is 1. The van der Waals surface area contributed by atoms with Crippen molar-refractivity contribution in [3.8, 4) is 0 Å². The largest absolute Gasteiger partial charge is 0.369 e. The highest BCUT2D eigenvalue weighted by molar-refractivity contribution is 7.99. The van der Waals surface area contributed by atoms with E-state index in [0.29, 0.717) is 12.0 Å². The third-order valence-electron chi connectivity index (χ3n) is 3.18. The molecule has 2 aromatic rings. The van der Waals surface area contributed by atoms with E-state index in [1.807, 2.05) is 23.9 Å². The van der Waals surface area contributed by atoms with Gasteiger partial charge < -0.3 is 10.3 Å². The van der Waals surface area contributed by atoms with Crippen molar-refractivity contribution in [2.45, 2.75) is 18.9 Å². The van der Waals surface area contributed by atoms with Gasteiger partial charge in [-0.3, -0.25) is 0 Å². The molecule has 1 saturated heterocycles. The summed E-state index contributed by atoms with van der Waals surface area (Å²) < 4.78 is 2.22. The van der Waals surface area contributed by atoms with E-state index in [1.165, 1.54) is 29.9 Å². The zero-order valence-electron chi connectivity index (χ0n) is 9.10. The first-order valence-electron chi connectivity index (χ1n) is 5.66. The van der Waals surface area contributed by atoms with Crippen LogP contribution in [0.4, 0.5) is 5.95 Å². The first-order chi connectivity index (χ1) is 7.86. The van der Waals surface area contributed by atoms with Gasteiger partial charge in [0, 0.05) is 6.04 Å². The molecule has 0 aliphatic carbocycles. The van der Waals surface area contributed by atoms with E-state index < -0.39 is 0 Å². The summed E-state index contributed by atoms with van der Waals surface area (Å²) >= 11 is 2.03. The summed E-state index contributed by atoms with van der Waals surface area (Å²) in [5.41, 5.74) is 8.22. The third kappa shape index (κ3) is 1.57. The number of rotatable bonds is 1. The molecule has 1 aliphatic heterocycles. The minimum Gasteiger partial charge on any atom is -0.369 e. The predicted molar refractivity (Wildman–Crippen MR) is 69.7 cm³/mol. The normalized spacial score (nSPS) is 18.0. The van der Waals surface area contributed by atoms with Crippen LogP contribution in [0.25, 0.3) is 11.0 Å². The fourth-order valence-corrected chi connectivity index (χ4v) is 3.47. The molecule has 0 atom stereocenters. The molecule has 1 aromatic carbocycles. The van der Waals surface area contributed by atoms with Crippen LogP contribution in [0.5, 0.6) is 0 Å². The SMILES string of the molecule is Nc1nc2ccccc2n1C1CCSCC1. The van der Waals surface area contributed by atoms with E-state index >= 15 is 0 Å². The Labute approximate surface area is 99.0 Å². The van der Waals surface area contributed by atoms with Crippen molar-refractivity contribution >= 4 is 28.7 Å². The van der Waals surface area contributed by atoms with Gasteiger partial charge in [-0.05, 0) is 36.5 Å². The van der Waals surface area contributed by atoms with Crippen molar-refractivity contribution in [3.63, 3.8) is 0 Å². The Hall–Kier alpha value is -1.16. The van der Waals surface area contributed by atoms with Crippen molar-refractivity contribution in [2.24, 2.45) is 0 Å². The van der Waals surface area contributed by atoms with Gasteiger partial charge in [-0.25, -0.2) is 4.98 Å². The molecule has 0 bridgehead atoms. The number of fused-ring (bicyclic) bond motifs is 1.